The number of aromatic nitrogens is 4. The summed E-state index contributed by atoms with van der Waals surface area (Å²) in [5, 5.41) is 10.5. The Morgan fingerprint density at radius 3 is 3.20 bits per heavy atom. The minimum Gasteiger partial charge on any atom is -0.379 e. The molecular weight excluding hydrogens is 134 g/mol. The van der Waals surface area contributed by atoms with E-state index in [2.05, 4.69) is 24.9 Å². The number of rotatable bonds is 0. The molecule has 2 aromatic rings. The van der Waals surface area contributed by atoms with Crippen LogP contribution in [0.15, 0.2) is 10.9 Å². The minimum atomic E-state index is 0.241. The Kier molecular flexibility index (Phi) is 0.830. The van der Waals surface area contributed by atoms with Crippen molar-refractivity contribution in [2.24, 2.45) is 0 Å². The quantitative estimate of drug-likeness (QED) is 0.531. The van der Waals surface area contributed by atoms with E-state index in [-0.39, 0.29) is 11.5 Å². The van der Waals surface area contributed by atoms with E-state index in [1.54, 1.807) is 0 Å². The fourth-order valence-corrected chi connectivity index (χ4v) is 0.637. The maximum Gasteiger partial charge on any atom is 0.297 e. The van der Waals surface area contributed by atoms with Crippen molar-refractivity contribution < 1.29 is 4.52 Å². The summed E-state index contributed by atoms with van der Waals surface area (Å²) in [6.45, 7) is 0. The molecule has 0 aliphatic rings. The van der Waals surface area contributed by atoms with E-state index in [0.717, 1.165) is 0 Å². The molecule has 6 nitrogen and oxygen atoms in total. The van der Waals surface area contributed by atoms with Gasteiger partial charge in [-0.1, -0.05) is 5.16 Å². The molecule has 0 atom stereocenters. The molecule has 6 heteroatoms. The highest BCUT2D eigenvalue weighted by Crippen LogP contribution is 2.11. The van der Waals surface area contributed by atoms with Crippen molar-refractivity contribution in [2.75, 3.05) is 5.73 Å². The number of hydrogen-bond donors (Lipinski definition) is 1. The lowest BCUT2D eigenvalue weighted by Gasteiger charge is -1.79. The van der Waals surface area contributed by atoms with E-state index in [9.17, 15) is 0 Å². The predicted octanol–water partition coefficient (Wildman–Crippen LogP) is -0.405. The molecule has 0 aliphatic heterocycles. The van der Waals surface area contributed by atoms with E-state index in [4.69, 9.17) is 5.73 Å². The van der Waals surface area contributed by atoms with Crippen LogP contribution in [-0.2, 0) is 0 Å². The van der Waals surface area contributed by atoms with E-state index < -0.39 is 0 Å². The molecular formula is C4H3N5O. The first kappa shape index (κ1) is 5.10. The van der Waals surface area contributed by atoms with Crippen molar-refractivity contribution in [2.45, 2.75) is 0 Å². The fraction of sp³-hybridized carbons (Fsp3) is 0. The lowest BCUT2D eigenvalue weighted by atomic mass is 10.5. The van der Waals surface area contributed by atoms with E-state index >= 15 is 0 Å². The van der Waals surface area contributed by atoms with Crippen LogP contribution in [-0.4, -0.2) is 20.3 Å². The van der Waals surface area contributed by atoms with Gasteiger partial charge in [0.15, 0.2) is 11.3 Å². The summed E-state index contributed by atoms with van der Waals surface area (Å²) in [6, 6.07) is 0. The Morgan fingerprint density at radius 1 is 1.50 bits per heavy atom. The van der Waals surface area contributed by atoms with E-state index in [1.807, 2.05) is 0 Å². The monoisotopic (exact) mass is 137 g/mol. The predicted molar refractivity (Wildman–Crippen MR) is 31.8 cm³/mol. The zero-order chi connectivity index (χ0) is 6.97. The van der Waals surface area contributed by atoms with Gasteiger partial charge in [0.1, 0.15) is 6.33 Å². The Bertz CT molecular complexity index is 355. The van der Waals surface area contributed by atoms with Gasteiger partial charge in [-0.3, -0.25) is 0 Å². The summed E-state index contributed by atoms with van der Waals surface area (Å²) in [5.74, 6) is 0.241. The van der Waals surface area contributed by atoms with Crippen LogP contribution in [0.25, 0.3) is 11.2 Å². The average molecular weight is 137 g/mol. The van der Waals surface area contributed by atoms with Crippen LogP contribution in [0.1, 0.15) is 0 Å². The van der Waals surface area contributed by atoms with Crippen LogP contribution in [0, 0.1) is 0 Å². The van der Waals surface area contributed by atoms with Crippen molar-refractivity contribution in [3.63, 3.8) is 0 Å². The maximum absolute atomic E-state index is 5.34. The summed E-state index contributed by atoms with van der Waals surface area (Å²) < 4.78 is 4.64. The topological polar surface area (TPSA) is 90.7 Å². The van der Waals surface area contributed by atoms with Crippen LogP contribution in [0.2, 0.25) is 0 Å². The number of fused-ring (bicyclic) bond motifs is 1. The van der Waals surface area contributed by atoms with Gasteiger partial charge in [0.25, 0.3) is 5.71 Å². The van der Waals surface area contributed by atoms with Crippen molar-refractivity contribution in [3.05, 3.63) is 6.33 Å². The average Bonchev–Trinajstić information content (AvgIpc) is 2.34. The van der Waals surface area contributed by atoms with Gasteiger partial charge in [-0.15, -0.1) is 10.2 Å². The molecule has 0 unspecified atom stereocenters. The zero-order valence-electron chi connectivity index (χ0n) is 4.85. The molecule has 0 saturated heterocycles. The van der Waals surface area contributed by atoms with Gasteiger partial charge >= 0.3 is 0 Å². The van der Waals surface area contributed by atoms with Gasteiger partial charge in [0.2, 0.25) is 0 Å². The molecule has 0 bridgehead atoms. The molecule has 2 rings (SSSR count). The van der Waals surface area contributed by atoms with Crippen molar-refractivity contribution in [1.82, 2.24) is 20.3 Å². The second-order valence-corrected chi connectivity index (χ2v) is 1.68. The maximum atomic E-state index is 5.34. The van der Waals surface area contributed by atoms with Crippen molar-refractivity contribution >= 4 is 17.0 Å². The van der Waals surface area contributed by atoms with Gasteiger partial charge < -0.3 is 10.3 Å². The highest BCUT2D eigenvalue weighted by Gasteiger charge is 2.04. The van der Waals surface area contributed by atoms with Crippen molar-refractivity contribution in [3.8, 4) is 0 Å². The SMILES string of the molecule is Nc1noc2nncnc12. The zero-order valence-corrected chi connectivity index (χ0v) is 4.85. The molecule has 2 aromatic heterocycles. The van der Waals surface area contributed by atoms with Gasteiger partial charge in [-0.25, -0.2) is 4.98 Å². The smallest absolute Gasteiger partial charge is 0.297 e. The van der Waals surface area contributed by atoms with Gasteiger partial charge in [-0.05, 0) is 0 Å². The largest absolute Gasteiger partial charge is 0.379 e. The normalized spacial score (nSPS) is 10.4. The first-order valence-electron chi connectivity index (χ1n) is 2.56. The molecule has 0 spiro atoms. The van der Waals surface area contributed by atoms with Gasteiger partial charge in [-0.2, -0.15) is 0 Å². The van der Waals surface area contributed by atoms with Crippen molar-refractivity contribution in [1.29, 1.82) is 0 Å². The number of nitrogens with two attached hydrogens (primary N) is 1. The molecule has 0 amide bonds. The summed E-state index contributed by atoms with van der Waals surface area (Å²) in [7, 11) is 0. The first-order valence-corrected chi connectivity index (χ1v) is 2.56. The molecule has 10 heavy (non-hydrogen) atoms. The van der Waals surface area contributed by atoms with Crippen LogP contribution < -0.4 is 5.73 Å². The molecule has 0 radical (unpaired) electrons. The highest BCUT2D eigenvalue weighted by molar-refractivity contribution is 5.78. The lowest BCUT2D eigenvalue weighted by molar-refractivity contribution is 0.449. The second kappa shape index (κ2) is 1.63. The minimum absolute atomic E-state index is 0.241. The van der Waals surface area contributed by atoms with Crippen LogP contribution in [0.3, 0.4) is 0 Å². The fourth-order valence-electron chi connectivity index (χ4n) is 0.637. The third-order valence-electron chi connectivity index (χ3n) is 1.06. The van der Waals surface area contributed by atoms with Gasteiger partial charge in [0, 0.05) is 0 Å². The molecule has 0 aliphatic carbocycles. The number of nitrogens with zero attached hydrogens (tertiary/aromatic N) is 4. The van der Waals surface area contributed by atoms with E-state index in [0.29, 0.717) is 5.52 Å². The third kappa shape index (κ3) is 0.524. The molecule has 2 heterocycles. The Balaban J connectivity index is 2.93. The molecule has 0 fully saturated rings. The number of hydrogen-bond acceptors (Lipinski definition) is 6. The molecule has 2 N–H and O–H groups in total. The third-order valence-corrected chi connectivity index (χ3v) is 1.06. The standard InChI is InChI=1S/C4H3N5O/c5-3-2-4(10-9-3)8-7-1-6-2/h1H,(H2,5,9). The summed E-state index contributed by atoms with van der Waals surface area (Å²) >= 11 is 0. The van der Waals surface area contributed by atoms with Crippen LogP contribution >= 0.6 is 0 Å². The number of nitrogen functional groups attached to an aromatic ring is 1. The second-order valence-electron chi connectivity index (χ2n) is 1.68. The molecule has 50 valence electrons. The highest BCUT2D eigenvalue weighted by atomic mass is 16.5. The van der Waals surface area contributed by atoms with Gasteiger partial charge in [0.05, 0.1) is 0 Å². The first-order chi connectivity index (χ1) is 4.88. The van der Waals surface area contributed by atoms with Crippen LogP contribution in [0.5, 0.6) is 0 Å². The van der Waals surface area contributed by atoms with Crippen LogP contribution in [0.4, 0.5) is 5.82 Å². The molecule has 0 aromatic carbocycles. The summed E-state index contributed by atoms with van der Waals surface area (Å²) in [5.41, 5.74) is 6.06. The Labute approximate surface area is 55.0 Å². The van der Waals surface area contributed by atoms with E-state index in [1.165, 1.54) is 6.33 Å². The summed E-state index contributed by atoms with van der Waals surface area (Å²) in [6.07, 6.45) is 1.29. The lowest BCUT2D eigenvalue weighted by Crippen LogP contribution is -1.87. The Morgan fingerprint density at radius 2 is 2.40 bits per heavy atom. The Hall–Kier alpha value is -1.72. The number of anilines is 1. The molecule has 0 saturated carbocycles. The summed E-state index contributed by atoms with van der Waals surface area (Å²) in [4.78, 5) is 3.79.